The van der Waals surface area contributed by atoms with Gasteiger partial charge in [0.05, 0.1) is 5.69 Å². The number of hydrogen-bond acceptors (Lipinski definition) is 4. The van der Waals surface area contributed by atoms with Crippen LogP contribution in [-0.2, 0) is 0 Å². The van der Waals surface area contributed by atoms with E-state index in [4.69, 9.17) is 0 Å². The molecule has 0 saturated heterocycles. The van der Waals surface area contributed by atoms with E-state index in [0.29, 0.717) is 27.7 Å². The number of thiazole rings is 1. The molecule has 5 aromatic rings. The molecule has 1 amide bonds. The quantitative estimate of drug-likeness (QED) is 0.454. The maximum absolute atomic E-state index is 13.3. The summed E-state index contributed by atoms with van der Waals surface area (Å²) in [5.74, 6) is -0.652. The van der Waals surface area contributed by atoms with Crippen LogP contribution in [0.4, 0.5) is 14.6 Å². The van der Waals surface area contributed by atoms with E-state index >= 15 is 0 Å². The van der Waals surface area contributed by atoms with Gasteiger partial charge in [-0.15, -0.1) is 11.3 Å². The maximum Gasteiger partial charge on any atom is 0.277 e. The largest absolute Gasteiger partial charge is 0.304 e. The number of anilines is 1. The second kappa shape index (κ2) is 7.20. The molecule has 0 fully saturated rings. The molecule has 0 saturated carbocycles. The lowest BCUT2D eigenvalue weighted by atomic mass is 10.1. The molecule has 30 heavy (non-hydrogen) atoms. The summed E-state index contributed by atoms with van der Waals surface area (Å²) in [6.07, 6.45) is 3.42. The molecule has 0 aliphatic heterocycles. The SMILES string of the molecule is O=C(Nc1c(-c2ccc(F)cc2)nc2sccn12)c1ccn(-c2ccc(F)cc2)n1. The van der Waals surface area contributed by atoms with Gasteiger partial charge < -0.3 is 5.32 Å². The number of carbonyl (C=O) groups is 1. The number of imidazole rings is 1. The van der Waals surface area contributed by atoms with Gasteiger partial charge in [-0.3, -0.25) is 9.20 Å². The predicted octanol–water partition coefficient (Wildman–Crippen LogP) is 4.78. The number of hydrogen-bond donors (Lipinski definition) is 1. The monoisotopic (exact) mass is 421 g/mol. The fourth-order valence-electron chi connectivity index (χ4n) is 3.07. The lowest BCUT2D eigenvalue weighted by Gasteiger charge is -2.06. The van der Waals surface area contributed by atoms with Crippen molar-refractivity contribution in [2.24, 2.45) is 0 Å². The molecule has 0 radical (unpaired) electrons. The molecule has 1 N–H and O–H groups in total. The number of fused-ring (bicyclic) bond motifs is 1. The summed E-state index contributed by atoms with van der Waals surface area (Å²) < 4.78 is 29.7. The van der Waals surface area contributed by atoms with Crippen LogP contribution >= 0.6 is 11.3 Å². The molecule has 6 nitrogen and oxygen atoms in total. The van der Waals surface area contributed by atoms with Gasteiger partial charge in [0.25, 0.3) is 5.91 Å². The van der Waals surface area contributed by atoms with Crippen molar-refractivity contribution in [3.8, 4) is 16.9 Å². The summed E-state index contributed by atoms with van der Waals surface area (Å²) in [5.41, 5.74) is 2.04. The van der Waals surface area contributed by atoms with Crippen LogP contribution in [0, 0.1) is 11.6 Å². The Hall–Kier alpha value is -3.85. The molecule has 2 aromatic carbocycles. The van der Waals surface area contributed by atoms with Crippen molar-refractivity contribution in [3.05, 3.63) is 89.7 Å². The number of benzene rings is 2. The van der Waals surface area contributed by atoms with Gasteiger partial charge >= 0.3 is 0 Å². The Labute approximate surface area is 173 Å². The standard InChI is InChI=1S/C21H13F2N5OS/c22-14-3-1-13(2-4-14)18-19(27-11-12-30-21(27)24-18)25-20(29)17-9-10-28(26-17)16-7-5-15(23)6-8-16/h1-12H,(H,25,29). The minimum Gasteiger partial charge on any atom is -0.304 e. The van der Waals surface area contributed by atoms with Crippen LogP contribution in [0.1, 0.15) is 10.5 Å². The van der Waals surface area contributed by atoms with E-state index in [2.05, 4.69) is 15.4 Å². The number of rotatable bonds is 4. The second-order valence-corrected chi connectivity index (χ2v) is 7.32. The summed E-state index contributed by atoms with van der Waals surface area (Å²) >= 11 is 1.42. The number of carbonyl (C=O) groups excluding carboxylic acids is 1. The molecule has 5 rings (SSSR count). The number of amides is 1. The second-order valence-electron chi connectivity index (χ2n) is 6.45. The van der Waals surface area contributed by atoms with Crippen LogP contribution in [0.2, 0.25) is 0 Å². The van der Waals surface area contributed by atoms with Crippen molar-refractivity contribution in [1.82, 2.24) is 19.2 Å². The molecule has 0 aliphatic carbocycles. The fraction of sp³-hybridized carbons (Fsp3) is 0. The Morgan fingerprint density at radius 1 is 0.933 bits per heavy atom. The summed E-state index contributed by atoms with van der Waals surface area (Å²) in [6.45, 7) is 0. The van der Waals surface area contributed by atoms with Gasteiger partial charge in [-0.2, -0.15) is 5.10 Å². The highest BCUT2D eigenvalue weighted by atomic mass is 32.1. The third-order valence-corrected chi connectivity index (χ3v) is 5.28. The summed E-state index contributed by atoms with van der Waals surface area (Å²) in [7, 11) is 0. The first-order valence-electron chi connectivity index (χ1n) is 8.93. The Bertz CT molecular complexity index is 1350. The zero-order chi connectivity index (χ0) is 20.7. The average Bonchev–Trinajstić information content (AvgIpc) is 3.47. The normalized spacial score (nSPS) is 11.1. The van der Waals surface area contributed by atoms with Gasteiger partial charge in [-0.1, -0.05) is 0 Å². The summed E-state index contributed by atoms with van der Waals surface area (Å²) in [4.78, 5) is 18.1. The van der Waals surface area contributed by atoms with Gasteiger partial charge in [-0.05, 0) is 54.6 Å². The lowest BCUT2D eigenvalue weighted by molar-refractivity contribution is 0.102. The minimum atomic E-state index is -0.424. The lowest BCUT2D eigenvalue weighted by Crippen LogP contribution is -2.15. The van der Waals surface area contributed by atoms with Crippen LogP contribution < -0.4 is 5.32 Å². The van der Waals surface area contributed by atoms with Crippen LogP contribution in [0.15, 0.2) is 72.4 Å². The molecule has 0 bridgehead atoms. The number of nitrogens with zero attached hydrogens (tertiary/aromatic N) is 4. The van der Waals surface area contributed by atoms with E-state index in [9.17, 15) is 13.6 Å². The van der Waals surface area contributed by atoms with Gasteiger partial charge in [0.2, 0.25) is 0 Å². The predicted molar refractivity (Wildman–Crippen MR) is 110 cm³/mol. The van der Waals surface area contributed by atoms with Crippen molar-refractivity contribution in [2.75, 3.05) is 5.32 Å². The molecular weight excluding hydrogens is 408 g/mol. The van der Waals surface area contributed by atoms with E-state index in [1.165, 1.54) is 40.3 Å². The summed E-state index contributed by atoms with van der Waals surface area (Å²) in [5, 5.41) is 9.00. The number of nitrogens with one attached hydrogen (secondary N) is 1. The summed E-state index contributed by atoms with van der Waals surface area (Å²) in [6, 6.07) is 13.3. The van der Waals surface area contributed by atoms with Gasteiger partial charge in [0, 0.05) is 23.3 Å². The highest BCUT2D eigenvalue weighted by molar-refractivity contribution is 7.15. The van der Waals surface area contributed by atoms with Crippen molar-refractivity contribution >= 4 is 28.0 Å². The van der Waals surface area contributed by atoms with Crippen LogP contribution in [-0.4, -0.2) is 25.1 Å². The van der Waals surface area contributed by atoms with Crippen molar-refractivity contribution in [2.45, 2.75) is 0 Å². The zero-order valence-electron chi connectivity index (χ0n) is 15.3. The van der Waals surface area contributed by atoms with E-state index in [-0.39, 0.29) is 17.3 Å². The van der Waals surface area contributed by atoms with E-state index in [1.54, 1.807) is 47.1 Å². The molecule has 3 heterocycles. The minimum absolute atomic E-state index is 0.189. The van der Waals surface area contributed by atoms with Crippen molar-refractivity contribution in [1.29, 1.82) is 0 Å². The first-order valence-corrected chi connectivity index (χ1v) is 9.81. The van der Waals surface area contributed by atoms with Crippen molar-refractivity contribution < 1.29 is 13.6 Å². The smallest absolute Gasteiger partial charge is 0.277 e. The van der Waals surface area contributed by atoms with E-state index in [0.717, 1.165) is 0 Å². The number of halogens is 2. The van der Waals surface area contributed by atoms with Gasteiger partial charge in [0.1, 0.15) is 23.1 Å². The molecule has 0 spiro atoms. The Morgan fingerprint density at radius 3 is 2.37 bits per heavy atom. The topological polar surface area (TPSA) is 64.2 Å². The first-order chi connectivity index (χ1) is 14.6. The zero-order valence-corrected chi connectivity index (χ0v) is 16.1. The first kappa shape index (κ1) is 18.2. The van der Waals surface area contributed by atoms with Crippen LogP contribution in [0.5, 0.6) is 0 Å². The third-order valence-electron chi connectivity index (χ3n) is 4.52. The Morgan fingerprint density at radius 2 is 1.63 bits per heavy atom. The highest BCUT2D eigenvalue weighted by Crippen LogP contribution is 2.31. The Kier molecular flexibility index (Phi) is 4.36. The number of aromatic nitrogens is 4. The molecule has 3 aromatic heterocycles. The van der Waals surface area contributed by atoms with Gasteiger partial charge in [-0.25, -0.2) is 18.4 Å². The van der Waals surface area contributed by atoms with Gasteiger partial charge in [0.15, 0.2) is 10.7 Å². The molecular formula is C21H13F2N5OS. The van der Waals surface area contributed by atoms with Crippen molar-refractivity contribution in [3.63, 3.8) is 0 Å². The van der Waals surface area contributed by atoms with Crippen LogP contribution in [0.25, 0.3) is 21.9 Å². The third kappa shape index (κ3) is 3.25. The van der Waals surface area contributed by atoms with E-state index < -0.39 is 5.91 Å². The Balaban J connectivity index is 1.48. The molecule has 9 heteroatoms. The molecule has 148 valence electrons. The van der Waals surface area contributed by atoms with E-state index in [1.807, 2.05) is 5.38 Å². The fourth-order valence-corrected chi connectivity index (χ4v) is 3.78. The molecule has 0 aliphatic rings. The van der Waals surface area contributed by atoms with Crippen LogP contribution in [0.3, 0.4) is 0 Å². The molecule has 0 atom stereocenters. The molecule has 0 unspecified atom stereocenters. The average molecular weight is 421 g/mol. The maximum atomic E-state index is 13.3. The highest BCUT2D eigenvalue weighted by Gasteiger charge is 2.19.